The number of nitrogens with zero attached hydrogens (tertiary/aromatic N) is 2. The number of aromatic nitrogens is 2. The van der Waals surface area contributed by atoms with Crippen molar-refractivity contribution in [3.8, 4) is 0 Å². The molecule has 0 radical (unpaired) electrons. The van der Waals surface area contributed by atoms with E-state index in [0.29, 0.717) is 22.0 Å². The molecular formula is C17H23N3O2S. The molecule has 0 spiro atoms. The summed E-state index contributed by atoms with van der Waals surface area (Å²) in [6, 6.07) is 5.74. The molecule has 23 heavy (non-hydrogen) atoms. The number of hydrogen-bond donors (Lipinski definition) is 1. The summed E-state index contributed by atoms with van der Waals surface area (Å²) in [5.74, 6) is 0.583. The molecule has 0 bridgehead atoms. The number of carbonyl (C=O) groups is 1. The Morgan fingerprint density at radius 1 is 1.35 bits per heavy atom. The van der Waals surface area contributed by atoms with Crippen LogP contribution in [0.3, 0.4) is 0 Å². The molecule has 0 aliphatic heterocycles. The van der Waals surface area contributed by atoms with Crippen LogP contribution in [0.15, 0.2) is 28.2 Å². The maximum atomic E-state index is 12.4. The summed E-state index contributed by atoms with van der Waals surface area (Å²) in [5, 5.41) is 4.11. The van der Waals surface area contributed by atoms with Crippen LogP contribution in [-0.4, -0.2) is 27.3 Å². The molecule has 1 heterocycles. The predicted octanol–water partition coefficient (Wildman–Crippen LogP) is 2.49. The Morgan fingerprint density at radius 3 is 2.70 bits per heavy atom. The van der Waals surface area contributed by atoms with Crippen molar-refractivity contribution in [1.29, 1.82) is 0 Å². The first kappa shape index (κ1) is 17.5. The average Bonchev–Trinajstić information content (AvgIpc) is 2.50. The van der Waals surface area contributed by atoms with Crippen molar-refractivity contribution in [3.05, 3.63) is 34.1 Å². The van der Waals surface area contributed by atoms with Crippen LogP contribution in [0.2, 0.25) is 0 Å². The lowest BCUT2D eigenvalue weighted by Crippen LogP contribution is -2.37. The zero-order valence-corrected chi connectivity index (χ0v) is 15.0. The second-order valence-corrected chi connectivity index (χ2v) is 7.11. The second kappa shape index (κ2) is 7.17. The van der Waals surface area contributed by atoms with Gasteiger partial charge in [0.25, 0.3) is 5.56 Å². The fourth-order valence-corrected chi connectivity index (χ4v) is 2.87. The van der Waals surface area contributed by atoms with Gasteiger partial charge in [-0.1, -0.05) is 37.2 Å². The van der Waals surface area contributed by atoms with E-state index in [1.807, 2.05) is 32.0 Å². The monoisotopic (exact) mass is 333 g/mol. The van der Waals surface area contributed by atoms with Crippen molar-refractivity contribution in [2.24, 2.45) is 13.0 Å². The fraction of sp³-hybridized carbons (Fsp3) is 0.471. The van der Waals surface area contributed by atoms with E-state index in [1.165, 1.54) is 16.3 Å². The Morgan fingerprint density at radius 2 is 2.04 bits per heavy atom. The summed E-state index contributed by atoms with van der Waals surface area (Å²) in [7, 11) is 1.69. The number of carbonyl (C=O) groups excluding carboxylic acids is 1. The van der Waals surface area contributed by atoms with Gasteiger partial charge in [-0.05, 0) is 31.9 Å². The summed E-state index contributed by atoms with van der Waals surface area (Å²) in [6.45, 7) is 8.06. The number of hydrogen-bond acceptors (Lipinski definition) is 4. The van der Waals surface area contributed by atoms with Crippen LogP contribution in [0, 0.1) is 12.8 Å². The number of thioether (sulfide) groups is 1. The predicted molar refractivity (Wildman–Crippen MR) is 94.9 cm³/mol. The van der Waals surface area contributed by atoms with Gasteiger partial charge in [0.05, 0.1) is 16.7 Å². The zero-order valence-electron chi connectivity index (χ0n) is 14.2. The lowest BCUT2D eigenvalue weighted by atomic mass is 10.1. The van der Waals surface area contributed by atoms with Gasteiger partial charge >= 0.3 is 0 Å². The van der Waals surface area contributed by atoms with E-state index >= 15 is 0 Å². The SMILES string of the molecule is Cc1ccc2nc(SCC(=O)N[C@@H](C)C(C)C)n(C)c(=O)c2c1. The Labute approximate surface area is 140 Å². The minimum atomic E-state index is -0.0860. The molecule has 1 aromatic heterocycles. The number of nitrogens with one attached hydrogen (secondary N) is 1. The minimum Gasteiger partial charge on any atom is -0.353 e. The highest BCUT2D eigenvalue weighted by Gasteiger charge is 2.13. The largest absolute Gasteiger partial charge is 0.353 e. The lowest BCUT2D eigenvalue weighted by molar-refractivity contribution is -0.119. The summed E-state index contributed by atoms with van der Waals surface area (Å²) in [6.07, 6.45) is 0. The maximum absolute atomic E-state index is 12.4. The van der Waals surface area contributed by atoms with Crippen LogP contribution in [0.4, 0.5) is 0 Å². The van der Waals surface area contributed by atoms with Crippen molar-refractivity contribution in [1.82, 2.24) is 14.9 Å². The third kappa shape index (κ3) is 4.13. The molecule has 1 amide bonds. The van der Waals surface area contributed by atoms with Gasteiger partial charge in [0.2, 0.25) is 5.91 Å². The molecule has 0 aliphatic rings. The Kier molecular flexibility index (Phi) is 5.46. The highest BCUT2D eigenvalue weighted by molar-refractivity contribution is 7.99. The minimum absolute atomic E-state index is 0.0468. The lowest BCUT2D eigenvalue weighted by Gasteiger charge is -2.17. The van der Waals surface area contributed by atoms with E-state index in [-0.39, 0.29) is 23.3 Å². The van der Waals surface area contributed by atoms with Gasteiger partial charge in [0.1, 0.15) is 0 Å². The first-order valence-electron chi connectivity index (χ1n) is 7.69. The van der Waals surface area contributed by atoms with Crippen LogP contribution >= 0.6 is 11.8 Å². The first-order valence-corrected chi connectivity index (χ1v) is 8.67. The molecule has 124 valence electrons. The number of amides is 1. The van der Waals surface area contributed by atoms with E-state index in [1.54, 1.807) is 7.05 Å². The zero-order chi connectivity index (χ0) is 17.1. The Balaban J connectivity index is 2.18. The van der Waals surface area contributed by atoms with Crippen LogP contribution < -0.4 is 10.9 Å². The standard InChI is InChI=1S/C17H23N3O2S/c1-10(2)12(4)18-15(21)9-23-17-19-14-7-6-11(3)8-13(14)16(22)20(17)5/h6-8,10,12H,9H2,1-5H3,(H,18,21)/t12-/m0/s1. The molecule has 0 saturated heterocycles. The smallest absolute Gasteiger partial charge is 0.261 e. The maximum Gasteiger partial charge on any atom is 0.261 e. The Bertz CT molecular complexity index is 783. The van der Waals surface area contributed by atoms with Crippen LogP contribution in [0.25, 0.3) is 10.9 Å². The highest BCUT2D eigenvalue weighted by Crippen LogP contribution is 2.17. The third-order valence-corrected chi connectivity index (χ3v) is 4.94. The van der Waals surface area contributed by atoms with Gasteiger partial charge in [-0.15, -0.1) is 0 Å². The average molecular weight is 333 g/mol. The number of aryl methyl sites for hydroxylation is 1. The molecule has 2 aromatic rings. The van der Waals surface area contributed by atoms with E-state index in [2.05, 4.69) is 24.1 Å². The first-order chi connectivity index (χ1) is 10.8. The van der Waals surface area contributed by atoms with Gasteiger partial charge in [0.15, 0.2) is 5.16 Å². The van der Waals surface area contributed by atoms with E-state index in [0.717, 1.165) is 5.56 Å². The van der Waals surface area contributed by atoms with Gasteiger partial charge in [-0.3, -0.25) is 14.2 Å². The van der Waals surface area contributed by atoms with E-state index in [9.17, 15) is 9.59 Å². The number of benzene rings is 1. The van der Waals surface area contributed by atoms with Crippen molar-refractivity contribution in [3.63, 3.8) is 0 Å². The van der Waals surface area contributed by atoms with Crippen molar-refractivity contribution in [2.75, 3.05) is 5.75 Å². The molecule has 2 rings (SSSR count). The molecule has 1 atom stereocenters. The van der Waals surface area contributed by atoms with Crippen LogP contribution in [-0.2, 0) is 11.8 Å². The summed E-state index contributed by atoms with van der Waals surface area (Å²) in [5.41, 5.74) is 1.60. The molecule has 1 aromatic carbocycles. The molecule has 5 nitrogen and oxygen atoms in total. The van der Waals surface area contributed by atoms with Gasteiger partial charge in [-0.2, -0.15) is 0 Å². The van der Waals surface area contributed by atoms with E-state index < -0.39 is 0 Å². The van der Waals surface area contributed by atoms with E-state index in [4.69, 9.17) is 0 Å². The molecule has 0 unspecified atom stereocenters. The number of fused-ring (bicyclic) bond motifs is 1. The molecule has 0 saturated carbocycles. The third-order valence-electron chi connectivity index (χ3n) is 3.91. The van der Waals surface area contributed by atoms with Gasteiger partial charge in [0, 0.05) is 13.1 Å². The fourth-order valence-electron chi connectivity index (χ4n) is 2.09. The van der Waals surface area contributed by atoms with Crippen LogP contribution in [0.5, 0.6) is 0 Å². The summed E-state index contributed by atoms with van der Waals surface area (Å²) < 4.78 is 1.51. The Hall–Kier alpha value is -1.82. The van der Waals surface area contributed by atoms with Crippen LogP contribution in [0.1, 0.15) is 26.3 Å². The molecule has 1 N–H and O–H groups in total. The molecular weight excluding hydrogens is 310 g/mol. The topological polar surface area (TPSA) is 64.0 Å². The van der Waals surface area contributed by atoms with Crippen molar-refractivity contribution >= 4 is 28.6 Å². The van der Waals surface area contributed by atoms with Gasteiger partial charge in [-0.25, -0.2) is 4.98 Å². The van der Waals surface area contributed by atoms with Crippen molar-refractivity contribution < 1.29 is 4.79 Å². The quantitative estimate of drug-likeness (QED) is 0.674. The molecule has 0 aliphatic carbocycles. The molecule has 0 fully saturated rings. The number of rotatable bonds is 5. The summed E-state index contributed by atoms with van der Waals surface area (Å²) in [4.78, 5) is 28.9. The highest BCUT2D eigenvalue weighted by atomic mass is 32.2. The second-order valence-electron chi connectivity index (χ2n) is 6.17. The normalized spacial score (nSPS) is 12.6. The van der Waals surface area contributed by atoms with Crippen molar-refractivity contribution in [2.45, 2.75) is 38.9 Å². The molecule has 6 heteroatoms. The van der Waals surface area contributed by atoms with Gasteiger partial charge < -0.3 is 5.32 Å². The summed E-state index contributed by atoms with van der Waals surface area (Å²) >= 11 is 1.28.